The van der Waals surface area contributed by atoms with E-state index in [0.29, 0.717) is 30.8 Å². The molecule has 0 aromatic carbocycles. The van der Waals surface area contributed by atoms with E-state index in [1.165, 1.54) is 25.4 Å². The summed E-state index contributed by atoms with van der Waals surface area (Å²) >= 11 is 0. The van der Waals surface area contributed by atoms with Crippen LogP contribution in [0.2, 0.25) is 0 Å². The van der Waals surface area contributed by atoms with Crippen LogP contribution in [0.5, 0.6) is 0 Å². The number of carbonyl (C=O) groups excluding carboxylic acids is 3. The lowest BCUT2D eigenvalue weighted by atomic mass is 10.1. The van der Waals surface area contributed by atoms with E-state index in [4.69, 9.17) is 0 Å². The Morgan fingerprint density at radius 2 is 1.92 bits per heavy atom. The zero-order valence-electron chi connectivity index (χ0n) is 15.0. The molecule has 0 N–H and O–H groups in total. The van der Waals surface area contributed by atoms with Crippen LogP contribution in [0, 0.1) is 0 Å². The normalized spacial score (nSPS) is 17.5. The highest BCUT2D eigenvalue weighted by Gasteiger charge is 2.30. The van der Waals surface area contributed by atoms with E-state index in [1.807, 2.05) is 6.92 Å². The predicted octanol–water partition coefficient (Wildman–Crippen LogP) is 2.39. The molecule has 142 valence electrons. The minimum absolute atomic E-state index is 0.0905. The summed E-state index contributed by atoms with van der Waals surface area (Å²) in [6.45, 7) is 4.30. The molecule has 1 aliphatic heterocycles. The molecule has 1 aromatic rings. The zero-order chi connectivity index (χ0) is 19.3. The van der Waals surface area contributed by atoms with Crippen molar-refractivity contribution < 1.29 is 23.2 Å². The number of rotatable bonds is 6. The number of pyridine rings is 1. The number of hydrogen-bond donors (Lipinski definition) is 0. The molecular weight excluding hydrogens is 344 g/mol. The fraction of sp³-hybridized carbons (Fsp3) is 0.556. The highest BCUT2D eigenvalue weighted by molar-refractivity contribution is 5.99. The highest BCUT2D eigenvalue weighted by atomic mass is 19.3. The van der Waals surface area contributed by atoms with Gasteiger partial charge in [0.2, 0.25) is 12.3 Å². The van der Waals surface area contributed by atoms with Gasteiger partial charge in [0.1, 0.15) is 0 Å². The molecule has 0 bridgehead atoms. The first-order chi connectivity index (χ1) is 12.3. The van der Waals surface area contributed by atoms with Crippen molar-refractivity contribution in [2.75, 3.05) is 19.6 Å². The van der Waals surface area contributed by atoms with Gasteiger partial charge in [0.15, 0.2) is 5.78 Å². The van der Waals surface area contributed by atoms with Gasteiger partial charge < -0.3 is 9.80 Å². The van der Waals surface area contributed by atoms with Crippen LogP contribution in [0.4, 0.5) is 8.78 Å². The van der Waals surface area contributed by atoms with Crippen molar-refractivity contribution in [1.82, 2.24) is 14.8 Å². The number of ketones is 1. The Balaban J connectivity index is 1.95. The summed E-state index contributed by atoms with van der Waals surface area (Å²) in [7, 11) is 0. The SMILES string of the molecule is CC(=O)c1cncc(C(=O)N2CCN(C(=O)CCCC(F)F)[C@H](C)C2)c1. The summed E-state index contributed by atoms with van der Waals surface area (Å²) < 4.78 is 24.4. The summed E-state index contributed by atoms with van der Waals surface area (Å²) in [5, 5.41) is 0. The molecule has 1 saturated heterocycles. The molecule has 2 heterocycles. The molecule has 8 heteroatoms. The number of alkyl halides is 2. The Morgan fingerprint density at radius 1 is 1.23 bits per heavy atom. The number of Topliss-reactive ketones (excluding diaryl/α,β-unsaturated/α-hetero) is 1. The molecule has 0 spiro atoms. The van der Waals surface area contributed by atoms with E-state index in [2.05, 4.69) is 4.98 Å². The summed E-state index contributed by atoms with van der Waals surface area (Å²) in [5.74, 6) is -0.567. The lowest BCUT2D eigenvalue weighted by molar-refractivity contribution is -0.135. The van der Waals surface area contributed by atoms with Crippen LogP contribution in [0.1, 0.15) is 53.8 Å². The van der Waals surface area contributed by atoms with E-state index in [1.54, 1.807) is 9.80 Å². The van der Waals surface area contributed by atoms with Crippen molar-refractivity contribution in [1.29, 1.82) is 0 Å². The summed E-state index contributed by atoms with van der Waals surface area (Å²) in [5.41, 5.74) is 0.707. The van der Waals surface area contributed by atoms with Crippen LogP contribution in [0.15, 0.2) is 18.5 Å². The molecule has 2 rings (SSSR count). The Kier molecular flexibility index (Phi) is 6.76. The van der Waals surface area contributed by atoms with Gasteiger partial charge >= 0.3 is 0 Å². The second-order valence-corrected chi connectivity index (χ2v) is 6.49. The van der Waals surface area contributed by atoms with Crippen LogP contribution < -0.4 is 0 Å². The third-order valence-electron chi connectivity index (χ3n) is 4.44. The van der Waals surface area contributed by atoms with Gasteiger partial charge in [-0.05, 0) is 26.3 Å². The Hall–Kier alpha value is -2.38. The van der Waals surface area contributed by atoms with E-state index in [0.717, 1.165) is 0 Å². The molecular formula is C18H23F2N3O3. The van der Waals surface area contributed by atoms with Gasteiger partial charge in [0.25, 0.3) is 5.91 Å². The molecule has 1 aromatic heterocycles. The number of halogens is 2. The van der Waals surface area contributed by atoms with Gasteiger partial charge in [-0.15, -0.1) is 0 Å². The molecule has 2 amide bonds. The Bertz CT molecular complexity index is 681. The van der Waals surface area contributed by atoms with Crippen molar-refractivity contribution >= 4 is 17.6 Å². The first-order valence-electron chi connectivity index (χ1n) is 8.62. The van der Waals surface area contributed by atoms with E-state index in [-0.39, 0.29) is 42.9 Å². The summed E-state index contributed by atoms with van der Waals surface area (Å²) in [6, 6.07) is 1.32. The van der Waals surface area contributed by atoms with E-state index in [9.17, 15) is 23.2 Å². The number of aromatic nitrogens is 1. The Morgan fingerprint density at radius 3 is 2.54 bits per heavy atom. The molecule has 6 nitrogen and oxygen atoms in total. The van der Waals surface area contributed by atoms with Crippen LogP contribution in [0.3, 0.4) is 0 Å². The monoisotopic (exact) mass is 367 g/mol. The lowest BCUT2D eigenvalue weighted by Crippen LogP contribution is -2.55. The highest BCUT2D eigenvalue weighted by Crippen LogP contribution is 2.16. The van der Waals surface area contributed by atoms with E-state index < -0.39 is 6.43 Å². The molecule has 0 unspecified atom stereocenters. The van der Waals surface area contributed by atoms with Crippen LogP contribution in [-0.4, -0.2) is 64.5 Å². The van der Waals surface area contributed by atoms with Crippen LogP contribution >= 0.6 is 0 Å². The summed E-state index contributed by atoms with van der Waals surface area (Å²) in [4.78, 5) is 43.5. The molecule has 0 saturated carbocycles. The van der Waals surface area contributed by atoms with Crippen molar-refractivity contribution in [3.63, 3.8) is 0 Å². The number of carbonyl (C=O) groups is 3. The van der Waals surface area contributed by atoms with Gasteiger partial charge in [-0.25, -0.2) is 8.78 Å². The van der Waals surface area contributed by atoms with Crippen molar-refractivity contribution in [2.45, 2.75) is 45.6 Å². The average molecular weight is 367 g/mol. The first-order valence-corrected chi connectivity index (χ1v) is 8.62. The fourth-order valence-corrected chi connectivity index (χ4v) is 3.00. The zero-order valence-corrected chi connectivity index (χ0v) is 15.0. The van der Waals surface area contributed by atoms with Crippen molar-refractivity contribution in [2.24, 2.45) is 0 Å². The number of piperazine rings is 1. The average Bonchev–Trinajstić information content (AvgIpc) is 2.60. The maximum Gasteiger partial charge on any atom is 0.255 e. The maximum absolute atomic E-state index is 12.6. The minimum Gasteiger partial charge on any atom is -0.336 e. The topological polar surface area (TPSA) is 70.6 Å². The number of amides is 2. The predicted molar refractivity (Wildman–Crippen MR) is 91.2 cm³/mol. The Labute approximate surface area is 151 Å². The largest absolute Gasteiger partial charge is 0.336 e. The minimum atomic E-state index is -2.39. The lowest BCUT2D eigenvalue weighted by Gasteiger charge is -2.40. The molecule has 1 atom stereocenters. The fourth-order valence-electron chi connectivity index (χ4n) is 3.00. The maximum atomic E-state index is 12.6. The van der Waals surface area contributed by atoms with Gasteiger partial charge in [0.05, 0.1) is 5.56 Å². The molecule has 0 radical (unpaired) electrons. The van der Waals surface area contributed by atoms with E-state index >= 15 is 0 Å². The third kappa shape index (κ3) is 5.06. The van der Waals surface area contributed by atoms with Gasteiger partial charge in [-0.3, -0.25) is 19.4 Å². The molecule has 0 aliphatic carbocycles. The molecule has 26 heavy (non-hydrogen) atoms. The van der Waals surface area contributed by atoms with Crippen molar-refractivity contribution in [3.8, 4) is 0 Å². The smallest absolute Gasteiger partial charge is 0.255 e. The van der Waals surface area contributed by atoms with Gasteiger partial charge in [-0.1, -0.05) is 0 Å². The van der Waals surface area contributed by atoms with Crippen LogP contribution in [0.25, 0.3) is 0 Å². The third-order valence-corrected chi connectivity index (χ3v) is 4.44. The van der Waals surface area contributed by atoms with Gasteiger partial charge in [0, 0.05) is 56.5 Å². The second-order valence-electron chi connectivity index (χ2n) is 6.49. The first kappa shape index (κ1) is 19.9. The molecule has 1 fully saturated rings. The number of nitrogens with zero attached hydrogens (tertiary/aromatic N) is 3. The number of hydrogen-bond acceptors (Lipinski definition) is 4. The van der Waals surface area contributed by atoms with Gasteiger partial charge in [-0.2, -0.15) is 0 Å². The second kappa shape index (κ2) is 8.82. The summed E-state index contributed by atoms with van der Waals surface area (Å²) in [6.07, 6.45) is 0.407. The standard InChI is InChI=1S/C18H23F2N3O3/c1-12-11-22(6-7-23(12)17(25)5-3-4-16(19)20)18(26)15-8-14(13(2)24)9-21-10-15/h8-10,12,16H,3-7,11H2,1-2H3/t12-/m1/s1. The van der Waals surface area contributed by atoms with Crippen molar-refractivity contribution in [3.05, 3.63) is 29.6 Å². The quantitative estimate of drug-likeness (QED) is 0.724. The van der Waals surface area contributed by atoms with Crippen LogP contribution in [-0.2, 0) is 4.79 Å². The molecule has 1 aliphatic rings.